The maximum atomic E-state index is 11.1. The molecule has 0 unspecified atom stereocenters. The second-order valence-corrected chi connectivity index (χ2v) is 6.28. The molecule has 29 heavy (non-hydrogen) atoms. The van der Waals surface area contributed by atoms with Gasteiger partial charge in [-0.15, -0.1) is 10.2 Å². The average Bonchev–Trinajstić information content (AvgIpc) is 3.24. The highest BCUT2D eigenvalue weighted by molar-refractivity contribution is 5.66. The molecule has 0 bridgehead atoms. The van der Waals surface area contributed by atoms with Crippen LogP contribution < -0.4 is 4.90 Å². The maximum absolute atomic E-state index is 11.1. The summed E-state index contributed by atoms with van der Waals surface area (Å²) >= 11 is 0. The first-order valence-corrected chi connectivity index (χ1v) is 8.73. The van der Waals surface area contributed by atoms with E-state index < -0.39 is 21.2 Å². The number of ether oxygens (including phenoxy) is 1. The molecule has 1 aromatic heterocycles. The van der Waals surface area contributed by atoms with Crippen molar-refractivity contribution in [2.75, 3.05) is 31.2 Å². The van der Waals surface area contributed by atoms with Crippen molar-refractivity contribution < 1.29 is 19.0 Å². The van der Waals surface area contributed by atoms with Crippen LogP contribution in [-0.4, -0.2) is 46.3 Å². The maximum Gasteiger partial charge on any atom is 0.346 e. The molecule has 0 saturated carbocycles. The molecule has 4 rings (SSSR count). The molecule has 2 aromatic carbocycles. The van der Waals surface area contributed by atoms with Crippen molar-refractivity contribution in [2.24, 2.45) is 0 Å². The third kappa shape index (κ3) is 3.75. The topological polar surface area (TPSA) is 138 Å². The van der Waals surface area contributed by atoms with Crippen molar-refractivity contribution in [3.05, 3.63) is 62.7 Å². The molecule has 0 atom stereocenters. The Morgan fingerprint density at radius 2 is 1.41 bits per heavy atom. The van der Waals surface area contributed by atoms with Crippen molar-refractivity contribution in [1.82, 2.24) is 10.2 Å². The number of morpholine rings is 1. The Morgan fingerprint density at radius 1 is 0.828 bits per heavy atom. The number of anilines is 1. The van der Waals surface area contributed by atoms with Crippen LogP contribution in [0.3, 0.4) is 0 Å². The smallest absolute Gasteiger partial charge is 0.346 e. The molecule has 1 fully saturated rings. The normalized spacial score (nSPS) is 14.0. The SMILES string of the molecule is O=[N+]([O-])c1ccc(-c2nnc(-c3ccc(N4CCOCC4)cc3)o2)cc1[N+](=O)[O-]. The molecule has 0 radical (unpaired) electrons. The van der Waals surface area contributed by atoms with Gasteiger partial charge in [-0.3, -0.25) is 20.2 Å². The first-order chi connectivity index (χ1) is 14.0. The summed E-state index contributed by atoms with van der Waals surface area (Å²) in [7, 11) is 0. The number of hydrogen-bond donors (Lipinski definition) is 0. The number of aromatic nitrogens is 2. The van der Waals surface area contributed by atoms with Crippen molar-refractivity contribution >= 4 is 17.1 Å². The van der Waals surface area contributed by atoms with Crippen LogP contribution in [0.1, 0.15) is 0 Å². The molecular formula is C18H15N5O6. The largest absolute Gasteiger partial charge is 0.416 e. The van der Waals surface area contributed by atoms with Crippen molar-refractivity contribution in [3.63, 3.8) is 0 Å². The fourth-order valence-electron chi connectivity index (χ4n) is 3.05. The van der Waals surface area contributed by atoms with Gasteiger partial charge in [-0.05, 0) is 30.3 Å². The fraction of sp³-hybridized carbons (Fsp3) is 0.222. The van der Waals surface area contributed by atoms with E-state index in [4.69, 9.17) is 9.15 Å². The van der Waals surface area contributed by atoms with Gasteiger partial charge in [0.2, 0.25) is 11.8 Å². The van der Waals surface area contributed by atoms with Gasteiger partial charge in [0.25, 0.3) is 0 Å². The molecule has 1 aliphatic heterocycles. The highest BCUT2D eigenvalue weighted by Gasteiger charge is 2.25. The fourth-order valence-corrected chi connectivity index (χ4v) is 3.05. The first kappa shape index (κ1) is 18.5. The molecule has 0 spiro atoms. The lowest BCUT2D eigenvalue weighted by Crippen LogP contribution is -2.36. The Kier molecular flexibility index (Phi) is 4.87. The van der Waals surface area contributed by atoms with Crippen LogP contribution in [0, 0.1) is 20.2 Å². The Bertz CT molecular complexity index is 1060. The average molecular weight is 397 g/mol. The summed E-state index contributed by atoms with van der Waals surface area (Å²) in [6, 6.07) is 11.0. The highest BCUT2D eigenvalue weighted by atomic mass is 16.6. The molecule has 1 saturated heterocycles. The van der Waals surface area contributed by atoms with Gasteiger partial charge in [-0.25, -0.2) is 0 Å². The standard InChI is InChI=1S/C18H15N5O6/c24-22(25)15-6-3-13(11-16(15)23(26)27)18-20-19-17(29-18)12-1-4-14(5-2-12)21-7-9-28-10-8-21/h1-6,11H,7-10H2. The molecule has 1 aliphatic rings. The zero-order chi connectivity index (χ0) is 20.4. The van der Waals surface area contributed by atoms with E-state index in [1.807, 2.05) is 24.3 Å². The van der Waals surface area contributed by atoms with E-state index in [2.05, 4.69) is 15.1 Å². The summed E-state index contributed by atoms with van der Waals surface area (Å²) in [6.45, 7) is 3.03. The van der Waals surface area contributed by atoms with E-state index >= 15 is 0 Å². The summed E-state index contributed by atoms with van der Waals surface area (Å²) < 4.78 is 11.0. The van der Waals surface area contributed by atoms with Gasteiger partial charge in [0, 0.05) is 42.0 Å². The predicted octanol–water partition coefficient (Wildman–Crippen LogP) is 3.06. The zero-order valence-corrected chi connectivity index (χ0v) is 15.1. The van der Waals surface area contributed by atoms with Gasteiger partial charge in [-0.2, -0.15) is 0 Å². The summed E-state index contributed by atoms with van der Waals surface area (Å²) in [4.78, 5) is 22.7. The van der Waals surface area contributed by atoms with Gasteiger partial charge in [0.1, 0.15) is 0 Å². The summed E-state index contributed by atoms with van der Waals surface area (Å²) in [6.07, 6.45) is 0. The number of hydrogen-bond acceptors (Lipinski definition) is 9. The predicted molar refractivity (Wildman–Crippen MR) is 102 cm³/mol. The molecule has 0 aliphatic carbocycles. The van der Waals surface area contributed by atoms with Gasteiger partial charge in [0.05, 0.1) is 23.1 Å². The van der Waals surface area contributed by atoms with Crippen LogP contribution in [-0.2, 0) is 4.74 Å². The first-order valence-electron chi connectivity index (χ1n) is 8.73. The van der Waals surface area contributed by atoms with Crippen LogP contribution >= 0.6 is 0 Å². The van der Waals surface area contributed by atoms with Gasteiger partial charge in [0.15, 0.2) is 0 Å². The van der Waals surface area contributed by atoms with E-state index in [-0.39, 0.29) is 17.3 Å². The summed E-state index contributed by atoms with van der Waals surface area (Å²) in [5.74, 6) is 0.282. The minimum atomic E-state index is -0.816. The van der Waals surface area contributed by atoms with Gasteiger partial charge in [-0.1, -0.05) is 0 Å². The number of nitro benzene ring substituents is 2. The van der Waals surface area contributed by atoms with Crippen LogP contribution in [0.25, 0.3) is 22.9 Å². The lowest BCUT2D eigenvalue weighted by atomic mass is 10.1. The monoisotopic (exact) mass is 397 g/mol. The summed E-state index contributed by atoms with van der Waals surface area (Å²) in [5.41, 5.74) is 0.741. The third-order valence-electron chi connectivity index (χ3n) is 4.53. The third-order valence-corrected chi connectivity index (χ3v) is 4.53. The minimum absolute atomic E-state index is 0.0373. The van der Waals surface area contributed by atoms with E-state index in [0.29, 0.717) is 18.8 Å². The lowest BCUT2D eigenvalue weighted by molar-refractivity contribution is -0.422. The molecule has 11 nitrogen and oxygen atoms in total. The van der Waals surface area contributed by atoms with Crippen LogP contribution in [0.5, 0.6) is 0 Å². The minimum Gasteiger partial charge on any atom is -0.416 e. The van der Waals surface area contributed by atoms with Crippen LogP contribution in [0.15, 0.2) is 46.9 Å². The van der Waals surface area contributed by atoms with Crippen LogP contribution in [0.2, 0.25) is 0 Å². The quantitative estimate of drug-likeness (QED) is 0.469. The Labute approximate surface area is 163 Å². The van der Waals surface area contributed by atoms with E-state index in [1.165, 1.54) is 6.07 Å². The van der Waals surface area contributed by atoms with E-state index in [0.717, 1.165) is 30.9 Å². The second-order valence-electron chi connectivity index (χ2n) is 6.28. The molecule has 148 valence electrons. The molecule has 11 heteroatoms. The molecular weight excluding hydrogens is 382 g/mol. The molecule has 0 N–H and O–H groups in total. The Balaban J connectivity index is 1.59. The number of nitrogens with zero attached hydrogens (tertiary/aromatic N) is 5. The molecule has 2 heterocycles. The Morgan fingerprint density at radius 3 is 2.03 bits per heavy atom. The van der Waals surface area contributed by atoms with Crippen LogP contribution in [0.4, 0.5) is 17.1 Å². The molecule has 0 amide bonds. The number of rotatable bonds is 5. The number of nitro groups is 2. The lowest BCUT2D eigenvalue weighted by Gasteiger charge is -2.28. The highest BCUT2D eigenvalue weighted by Crippen LogP contribution is 2.32. The van der Waals surface area contributed by atoms with Crippen molar-refractivity contribution in [3.8, 4) is 22.9 Å². The summed E-state index contributed by atoms with van der Waals surface area (Å²) in [5, 5.41) is 30.0. The van der Waals surface area contributed by atoms with Gasteiger partial charge < -0.3 is 14.1 Å². The Hall–Kier alpha value is -3.86. The molecule has 3 aromatic rings. The zero-order valence-electron chi connectivity index (χ0n) is 15.1. The van der Waals surface area contributed by atoms with E-state index in [9.17, 15) is 20.2 Å². The van der Waals surface area contributed by atoms with Gasteiger partial charge >= 0.3 is 11.4 Å². The second kappa shape index (κ2) is 7.64. The number of benzene rings is 2. The van der Waals surface area contributed by atoms with E-state index in [1.54, 1.807) is 0 Å². The van der Waals surface area contributed by atoms with Crippen molar-refractivity contribution in [1.29, 1.82) is 0 Å². The van der Waals surface area contributed by atoms with Crippen molar-refractivity contribution in [2.45, 2.75) is 0 Å².